The first-order valence-electron chi connectivity index (χ1n) is 7.39. The van der Waals surface area contributed by atoms with E-state index in [-0.39, 0.29) is 11.7 Å². The van der Waals surface area contributed by atoms with Crippen LogP contribution in [0.4, 0.5) is 14.5 Å². The van der Waals surface area contributed by atoms with Gasteiger partial charge in [-0.3, -0.25) is 4.79 Å². The molecule has 1 amide bonds. The number of thioether (sulfide) groups is 1. The average molecular weight is 364 g/mol. The lowest BCUT2D eigenvalue weighted by molar-refractivity contribution is -0.115. The molecule has 0 bridgehead atoms. The predicted octanol–water partition coefficient (Wildman–Crippen LogP) is 4.55. The molecule has 1 unspecified atom stereocenters. The molecule has 0 radical (unpaired) electrons. The lowest BCUT2D eigenvalue weighted by Gasteiger charge is -2.10. The fourth-order valence-electron chi connectivity index (χ4n) is 2.07. The van der Waals surface area contributed by atoms with E-state index in [1.165, 1.54) is 36.0 Å². The van der Waals surface area contributed by atoms with E-state index in [9.17, 15) is 13.6 Å². The van der Waals surface area contributed by atoms with Gasteiger partial charge >= 0.3 is 6.61 Å². The Bertz CT molecular complexity index is 835. The van der Waals surface area contributed by atoms with Crippen molar-refractivity contribution in [2.24, 2.45) is 0 Å². The van der Waals surface area contributed by atoms with E-state index in [4.69, 9.17) is 4.42 Å². The van der Waals surface area contributed by atoms with Gasteiger partial charge in [0.05, 0.1) is 5.25 Å². The van der Waals surface area contributed by atoms with Crippen molar-refractivity contribution in [3.05, 3.63) is 48.5 Å². The molecule has 25 heavy (non-hydrogen) atoms. The third kappa shape index (κ3) is 4.48. The Morgan fingerprint density at radius 2 is 1.92 bits per heavy atom. The highest BCUT2D eigenvalue weighted by atomic mass is 32.2. The minimum atomic E-state index is -2.88. The number of para-hydroxylation sites is 2. The van der Waals surface area contributed by atoms with Gasteiger partial charge in [0.2, 0.25) is 5.91 Å². The van der Waals surface area contributed by atoms with Gasteiger partial charge in [0.1, 0.15) is 11.3 Å². The van der Waals surface area contributed by atoms with Gasteiger partial charge in [0, 0.05) is 5.69 Å². The first-order chi connectivity index (χ1) is 12.0. The number of oxazole rings is 1. The highest BCUT2D eigenvalue weighted by Crippen LogP contribution is 2.27. The normalized spacial score (nSPS) is 12.3. The van der Waals surface area contributed by atoms with Gasteiger partial charge in [0.25, 0.3) is 5.22 Å². The molecular weight excluding hydrogens is 350 g/mol. The number of nitrogens with one attached hydrogen (secondary N) is 1. The van der Waals surface area contributed by atoms with Crippen molar-refractivity contribution >= 4 is 34.5 Å². The predicted molar refractivity (Wildman–Crippen MR) is 91.0 cm³/mol. The summed E-state index contributed by atoms with van der Waals surface area (Å²) in [5.41, 5.74) is 1.87. The maximum Gasteiger partial charge on any atom is 0.387 e. The van der Waals surface area contributed by atoms with E-state index in [1.54, 1.807) is 13.0 Å². The number of aromatic nitrogens is 1. The number of carbonyl (C=O) groups excluding carboxylic acids is 1. The zero-order chi connectivity index (χ0) is 17.8. The molecule has 1 heterocycles. The number of hydrogen-bond donors (Lipinski definition) is 1. The molecule has 1 N–H and O–H groups in total. The molecule has 130 valence electrons. The van der Waals surface area contributed by atoms with Crippen LogP contribution < -0.4 is 10.1 Å². The molecule has 0 fully saturated rings. The van der Waals surface area contributed by atoms with Crippen LogP contribution in [0.2, 0.25) is 0 Å². The number of ether oxygens (including phenoxy) is 1. The fourth-order valence-corrected chi connectivity index (χ4v) is 2.83. The minimum absolute atomic E-state index is 0.0295. The summed E-state index contributed by atoms with van der Waals surface area (Å²) in [4.78, 5) is 16.6. The molecule has 3 rings (SSSR count). The molecule has 0 saturated carbocycles. The van der Waals surface area contributed by atoms with Crippen LogP contribution in [0.5, 0.6) is 5.75 Å². The Morgan fingerprint density at radius 3 is 2.60 bits per heavy atom. The van der Waals surface area contributed by atoms with Crippen LogP contribution in [0, 0.1) is 0 Å². The minimum Gasteiger partial charge on any atom is -0.435 e. The van der Waals surface area contributed by atoms with E-state index in [1.807, 2.05) is 18.2 Å². The lowest BCUT2D eigenvalue weighted by Crippen LogP contribution is -2.22. The van der Waals surface area contributed by atoms with Crippen LogP contribution in [0.15, 0.2) is 58.2 Å². The second-order valence-electron chi connectivity index (χ2n) is 5.10. The van der Waals surface area contributed by atoms with E-state index in [0.29, 0.717) is 16.5 Å². The number of carbonyl (C=O) groups is 1. The van der Waals surface area contributed by atoms with Crippen molar-refractivity contribution in [1.82, 2.24) is 4.98 Å². The van der Waals surface area contributed by atoms with Gasteiger partial charge in [-0.25, -0.2) is 4.98 Å². The van der Waals surface area contributed by atoms with Gasteiger partial charge in [-0.2, -0.15) is 8.78 Å². The molecule has 0 spiro atoms. The summed E-state index contributed by atoms with van der Waals surface area (Å²) in [5, 5.41) is 2.66. The largest absolute Gasteiger partial charge is 0.435 e. The molecule has 2 aromatic carbocycles. The average Bonchev–Trinajstić information content (AvgIpc) is 2.98. The van der Waals surface area contributed by atoms with E-state index < -0.39 is 11.9 Å². The number of benzene rings is 2. The van der Waals surface area contributed by atoms with E-state index in [2.05, 4.69) is 15.0 Å². The Labute approximate surface area is 146 Å². The van der Waals surface area contributed by atoms with Crippen LogP contribution in [-0.2, 0) is 4.79 Å². The first-order valence-corrected chi connectivity index (χ1v) is 8.27. The monoisotopic (exact) mass is 364 g/mol. The molecule has 0 aliphatic carbocycles. The quantitative estimate of drug-likeness (QED) is 0.650. The second-order valence-corrected chi connectivity index (χ2v) is 6.39. The topological polar surface area (TPSA) is 64.4 Å². The van der Waals surface area contributed by atoms with Crippen molar-refractivity contribution in [3.63, 3.8) is 0 Å². The van der Waals surface area contributed by atoms with Crippen molar-refractivity contribution in [2.45, 2.75) is 24.0 Å². The number of hydrogen-bond acceptors (Lipinski definition) is 5. The maximum atomic E-state index is 12.2. The van der Waals surface area contributed by atoms with Crippen molar-refractivity contribution in [1.29, 1.82) is 0 Å². The number of amides is 1. The molecule has 1 aromatic heterocycles. The summed E-state index contributed by atoms with van der Waals surface area (Å²) in [6.07, 6.45) is 0. The Kier molecular flexibility index (Phi) is 5.18. The van der Waals surface area contributed by atoms with Gasteiger partial charge in [-0.05, 0) is 43.3 Å². The van der Waals surface area contributed by atoms with Crippen molar-refractivity contribution < 1.29 is 22.7 Å². The maximum absolute atomic E-state index is 12.2. The number of fused-ring (bicyclic) bond motifs is 1. The van der Waals surface area contributed by atoms with Crippen LogP contribution in [0.3, 0.4) is 0 Å². The molecule has 8 heteroatoms. The lowest BCUT2D eigenvalue weighted by atomic mass is 10.3. The molecule has 3 aromatic rings. The molecule has 1 atom stereocenters. The summed E-state index contributed by atoms with van der Waals surface area (Å²) >= 11 is 1.19. The Balaban J connectivity index is 1.60. The third-order valence-electron chi connectivity index (χ3n) is 3.27. The van der Waals surface area contributed by atoms with Gasteiger partial charge < -0.3 is 14.5 Å². The van der Waals surface area contributed by atoms with E-state index >= 15 is 0 Å². The second kappa shape index (κ2) is 7.52. The first kappa shape index (κ1) is 17.2. The summed E-state index contributed by atoms with van der Waals surface area (Å²) in [7, 11) is 0. The highest BCUT2D eigenvalue weighted by Gasteiger charge is 2.18. The summed E-state index contributed by atoms with van der Waals surface area (Å²) < 4.78 is 34.1. The number of alkyl halides is 2. The third-order valence-corrected chi connectivity index (χ3v) is 4.21. The Hall–Kier alpha value is -2.61. The number of halogens is 2. The zero-order valence-electron chi connectivity index (χ0n) is 13.1. The smallest absolute Gasteiger partial charge is 0.387 e. The van der Waals surface area contributed by atoms with Crippen molar-refractivity contribution in [2.75, 3.05) is 5.32 Å². The Morgan fingerprint density at radius 1 is 1.20 bits per heavy atom. The summed E-state index contributed by atoms with van der Waals surface area (Å²) in [5.74, 6) is -0.225. The highest BCUT2D eigenvalue weighted by molar-refractivity contribution is 8.00. The van der Waals surface area contributed by atoms with Crippen LogP contribution >= 0.6 is 11.8 Å². The van der Waals surface area contributed by atoms with Crippen molar-refractivity contribution in [3.8, 4) is 5.75 Å². The molecule has 5 nitrogen and oxygen atoms in total. The SMILES string of the molecule is CC(Sc1nc2ccccc2o1)C(=O)Nc1ccc(OC(F)F)cc1. The van der Waals surface area contributed by atoms with Gasteiger partial charge in [-0.15, -0.1) is 0 Å². The summed E-state index contributed by atoms with van der Waals surface area (Å²) in [6, 6.07) is 13.0. The van der Waals surface area contributed by atoms with E-state index in [0.717, 1.165) is 5.52 Å². The van der Waals surface area contributed by atoms with Gasteiger partial charge in [-0.1, -0.05) is 23.9 Å². The summed E-state index contributed by atoms with van der Waals surface area (Å²) in [6.45, 7) is -1.16. The molecule has 0 saturated heterocycles. The number of rotatable bonds is 6. The standard InChI is InChI=1S/C17H14F2N2O3S/c1-10(25-17-21-13-4-2-3-5-14(13)24-17)15(22)20-11-6-8-12(9-7-11)23-16(18)19/h2-10,16H,1H3,(H,20,22). The number of nitrogens with zero attached hydrogens (tertiary/aromatic N) is 1. The van der Waals surface area contributed by atoms with Crippen LogP contribution in [0.25, 0.3) is 11.1 Å². The van der Waals surface area contributed by atoms with Crippen LogP contribution in [0.1, 0.15) is 6.92 Å². The molecular formula is C17H14F2N2O3S. The van der Waals surface area contributed by atoms with Gasteiger partial charge in [0.15, 0.2) is 5.58 Å². The van der Waals surface area contributed by atoms with Crippen LogP contribution in [-0.4, -0.2) is 22.8 Å². The molecule has 0 aliphatic rings. The molecule has 0 aliphatic heterocycles. The number of anilines is 1. The zero-order valence-corrected chi connectivity index (χ0v) is 13.9. The fraction of sp³-hybridized carbons (Fsp3) is 0.176.